The Bertz CT molecular complexity index is 580. The largest absolute Gasteiger partial charge is 0.299 e. The third-order valence-corrected chi connectivity index (χ3v) is 7.64. The number of carbonyl (C=O) groups excluding carboxylic acids is 2. The fraction of sp³-hybridized carbons (Fsp3) is 0.789. The van der Waals surface area contributed by atoms with Crippen molar-refractivity contribution in [3.8, 4) is 0 Å². The molecule has 0 heterocycles. The van der Waals surface area contributed by atoms with E-state index in [-0.39, 0.29) is 17.1 Å². The number of rotatable bonds is 2. The smallest absolute Gasteiger partial charge is 0.155 e. The summed E-state index contributed by atoms with van der Waals surface area (Å²) in [6.45, 7) is 2.16. The van der Waals surface area contributed by atoms with Crippen LogP contribution in [-0.2, 0) is 14.5 Å². The maximum absolute atomic E-state index is 12.6. The van der Waals surface area contributed by atoms with Crippen molar-refractivity contribution in [2.45, 2.75) is 70.3 Å². The Balaban J connectivity index is 1.73. The average Bonchev–Trinajstić information content (AvgIpc) is 2.92. The van der Waals surface area contributed by atoms with Gasteiger partial charge in [-0.2, -0.15) is 0 Å². The number of carbonyl (C=O) groups is 2. The Morgan fingerprint density at radius 1 is 1.13 bits per heavy atom. The van der Waals surface area contributed by atoms with Gasteiger partial charge in [0, 0.05) is 18.3 Å². The molecule has 0 unspecified atom stereocenters. The summed E-state index contributed by atoms with van der Waals surface area (Å²) < 4.78 is 0. The minimum absolute atomic E-state index is 0.122. The lowest BCUT2D eigenvalue weighted by atomic mass is 9.50. The van der Waals surface area contributed by atoms with Gasteiger partial charge >= 0.3 is 0 Å². The average molecular weight is 318 g/mol. The molecule has 0 aromatic rings. The highest BCUT2D eigenvalue weighted by Gasteiger charge is 2.62. The van der Waals surface area contributed by atoms with E-state index in [1.807, 2.05) is 0 Å². The van der Waals surface area contributed by atoms with Crippen LogP contribution in [0.5, 0.6) is 0 Å². The molecule has 0 aromatic carbocycles. The molecule has 0 saturated heterocycles. The summed E-state index contributed by atoms with van der Waals surface area (Å²) in [6, 6.07) is 0. The van der Waals surface area contributed by atoms with Gasteiger partial charge in [0.2, 0.25) is 0 Å². The van der Waals surface area contributed by atoms with Gasteiger partial charge in [-0.1, -0.05) is 6.92 Å². The molecule has 0 bridgehead atoms. The zero-order chi connectivity index (χ0) is 16.2. The molecule has 4 nitrogen and oxygen atoms in total. The molecular formula is C19H26O4. The number of hydrogen-bond donors (Lipinski definition) is 1. The quantitative estimate of drug-likeness (QED) is 0.623. The Morgan fingerprint density at radius 2 is 1.96 bits per heavy atom. The van der Waals surface area contributed by atoms with Crippen molar-refractivity contribution in [1.29, 1.82) is 0 Å². The summed E-state index contributed by atoms with van der Waals surface area (Å²) in [5.74, 6) is 1.73. The Morgan fingerprint density at radius 3 is 2.70 bits per heavy atom. The van der Waals surface area contributed by atoms with Crippen LogP contribution in [0, 0.1) is 23.2 Å². The van der Waals surface area contributed by atoms with Crippen molar-refractivity contribution < 1.29 is 19.7 Å². The standard InChI is InChI=1S/C19H26O4/c1-2-18-9-8-16-14(15(18)5-6-17(18)21)4-3-12-11-13(20)7-10-19(12,16)23-22/h11,14-16,22H,2-10H2,1H3/t14-,15-,16-,18-,19+/m0/s1. The predicted molar refractivity (Wildman–Crippen MR) is 84.7 cm³/mol. The second-order valence-electron chi connectivity index (χ2n) is 8.04. The highest BCUT2D eigenvalue weighted by molar-refractivity contribution is 5.92. The molecule has 4 heteroatoms. The third-order valence-electron chi connectivity index (χ3n) is 7.64. The fourth-order valence-corrected chi connectivity index (χ4v) is 6.55. The first-order valence-corrected chi connectivity index (χ1v) is 9.17. The van der Waals surface area contributed by atoms with E-state index in [1.54, 1.807) is 6.08 Å². The number of hydrogen-bond acceptors (Lipinski definition) is 4. The molecule has 3 fully saturated rings. The van der Waals surface area contributed by atoms with Crippen molar-refractivity contribution in [2.24, 2.45) is 23.2 Å². The van der Waals surface area contributed by atoms with Gasteiger partial charge in [-0.3, -0.25) is 14.8 Å². The van der Waals surface area contributed by atoms with Crippen LogP contribution in [0.3, 0.4) is 0 Å². The van der Waals surface area contributed by atoms with Gasteiger partial charge in [0.15, 0.2) is 5.78 Å². The number of fused-ring (bicyclic) bond motifs is 5. The van der Waals surface area contributed by atoms with Crippen LogP contribution in [0.25, 0.3) is 0 Å². The van der Waals surface area contributed by atoms with Crippen LogP contribution in [0.15, 0.2) is 11.6 Å². The maximum Gasteiger partial charge on any atom is 0.155 e. The molecule has 3 saturated carbocycles. The highest BCUT2D eigenvalue weighted by atomic mass is 17.1. The fourth-order valence-electron chi connectivity index (χ4n) is 6.55. The Labute approximate surface area is 137 Å². The molecule has 0 radical (unpaired) electrons. The van der Waals surface area contributed by atoms with Crippen molar-refractivity contribution in [3.05, 3.63) is 11.6 Å². The van der Waals surface area contributed by atoms with Crippen molar-refractivity contribution in [1.82, 2.24) is 0 Å². The van der Waals surface area contributed by atoms with Crippen molar-refractivity contribution >= 4 is 11.6 Å². The topological polar surface area (TPSA) is 63.6 Å². The van der Waals surface area contributed by atoms with Gasteiger partial charge in [-0.15, -0.1) is 0 Å². The minimum atomic E-state index is -0.664. The summed E-state index contributed by atoms with van der Waals surface area (Å²) in [4.78, 5) is 29.5. The molecule has 0 aliphatic heterocycles. The van der Waals surface area contributed by atoms with Crippen LogP contribution in [0.4, 0.5) is 0 Å². The molecule has 0 amide bonds. The summed E-state index contributed by atoms with van der Waals surface area (Å²) >= 11 is 0. The SMILES string of the molecule is CC[C@]12CC[C@H]3[C@@H](CCC4=CC(=O)CC[C@@]43OO)[C@@H]1CCC2=O. The van der Waals surface area contributed by atoms with Gasteiger partial charge in [0.1, 0.15) is 11.4 Å². The first kappa shape index (κ1) is 15.5. The normalized spacial score (nSPS) is 46.0. The van der Waals surface area contributed by atoms with E-state index >= 15 is 0 Å². The second kappa shape index (κ2) is 5.25. The number of Topliss-reactive ketones (excluding diaryl/α,β-unsaturated/α-hetero) is 1. The van der Waals surface area contributed by atoms with E-state index in [1.165, 1.54) is 0 Å². The highest BCUT2D eigenvalue weighted by Crippen LogP contribution is 2.63. The van der Waals surface area contributed by atoms with Crippen LogP contribution in [0.2, 0.25) is 0 Å². The Kier molecular flexibility index (Phi) is 3.54. The first-order chi connectivity index (χ1) is 11.1. The predicted octanol–water partition coefficient (Wildman–Crippen LogP) is 3.70. The lowest BCUT2D eigenvalue weighted by molar-refractivity contribution is -0.341. The molecule has 0 spiro atoms. The molecule has 23 heavy (non-hydrogen) atoms. The summed E-state index contributed by atoms with van der Waals surface area (Å²) in [5, 5.41) is 9.80. The third kappa shape index (κ3) is 1.91. The van der Waals surface area contributed by atoms with E-state index in [2.05, 4.69) is 6.92 Å². The molecule has 5 atom stereocenters. The van der Waals surface area contributed by atoms with E-state index in [9.17, 15) is 14.8 Å². The molecule has 1 N–H and O–H groups in total. The van der Waals surface area contributed by atoms with Gasteiger partial charge in [-0.25, -0.2) is 4.89 Å². The zero-order valence-corrected chi connectivity index (χ0v) is 13.8. The monoisotopic (exact) mass is 318 g/mol. The van der Waals surface area contributed by atoms with E-state index in [4.69, 9.17) is 4.89 Å². The minimum Gasteiger partial charge on any atom is -0.299 e. The zero-order valence-electron chi connectivity index (χ0n) is 13.8. The van der Waals surface area contributed by atoms with Crippen molar-refractivity contribution in [3.63, 3.8) is 0 Å². The summed E-state index contributed by atoms with van der Waals surface area (Å²) in [6.07, 6.45) is 9.10. The van der Waals surface area contributed by atoms with Crippen LogP contribution < -0.4 is 0 Å². The molecule has 4 aliphatic carbocycles. The lowest BCUT2D eigenvalue weighted by Crippen LogP contribution is -2.56. The second-order valence-corrected chi connectivity index (χ2v) is 8.04. The first-order valence-electron chi connectivity index (χ1n) is 9.17. The molecule has 0 aromatic heterocycles. The number of ketones is 2. The van der Waals surface area contributed by atoms with E-state index in [0.717, 1.165) is 50.5 Å². The van der Waals surface area contributed by atoms with Crippen LogP contribution in [-0.4, -0.2) is 22.4 Å². The van der Waals surface area contributed by atoms with Crippen LogP contribution >= 0.6 is 0 Å². The van der Waals surface area contributed by atoms with Gasteiger partial charge < -0.3 is 0 Å². The summed E-state index contributed by atoms with van der Waals surface area (Å²) in [5.41, 5.74) is 0.206. The molecule has 126 valence electrons. The van der Waals surface area contributed by atoms with Crippen molar-refractivity contribution in [2.75, 3.05) is 0 Å². The molecule has 4 rings (SSSR count). The van der Waals surface area contributed by atoms with Crippen LogP contribution in [0.1, 0.15) is 64.7 Å². The summed E-state index contributed by atoms with van der Waals surface area (Å²) in [7, 11) is 0. The van der Waals surface area contributed by atoms with Gasteiger partial charge in [0.25, 0.3) is 0 Å². The molecule has 4 aliphatic rings. The van der Waals surface area contributed by atoms with Gasteiger partial charge in [-0.05, 0) is 74.3 Å². The van der Waals surface area contributed by atoms with E-state index in [0.29, 0.717) is 30.5 Å². The van der Waals surface area contributed by atoms with Gasteiger partial charge in [0.05, 0.1) is 0 Å². The Hall–Kier alpha value is -1.00. The maximum atomic E-state index is 12.6. The lowest BCUT2D eigenvalue weighted by Gasteiger charge is -2.56. The van der Waals surface area contributed by atoms with E-state index < -0.39 is 5.60 Å². The molecular weight excluding hydrogens is 292 g/mol.